The first-order chi connectivity index (χ1) is 7.39. The number of sulfonamides is 1. The van der Waals surface area contributed by atoms with Crippen LogP contribution in [0.2, 0.25) is 0 Å². The Morgan fingerprint density at radius 2 is 1.88 bits per heavy atom. The fourth-order valence-corrected chi connectivity index (χ4v) is 2.23. The smallest absolute Gasteiger partial charge is 0.222 e. The summed E-state index contributed by atoms with van der Waals surface area (Å²) in [5.74, 6) is 0.0196. The van der Waals surface area contributed by atoms with E-state index in [2.05, 4.69) is 10.0 Å². The predicted octanol–water partition coefficient (Wildman–Crippen LogP) is 0.478. The van der Waals surface area contributed by atoms with Crippen LogP contribution in [0.15, 0.2) is 0 Å². The number of rotatable bonds is 8. The summed E-state index contributed by atoms with van der Waals surface area (Å²) in [4.78, 5) is 11.2. The maximum atomic E-state index is 11.3. The molecule has 96 valence electrons. The topological polar surface area (TPSA) is 75.3 Å². The lowest BCUT2D eigenvalue weighted by molar-refractivity contribution is -0.123. The third kappa shape index (κ3) is 7.64. The second-order valence-electron chi connectivity index (χ2n) is 4.01. The normalized spacial score (nSPS) is 11.8. The SMILES string of the molecule is CCCCS(=O)(=O)NCCNC(=O)C(C)C. The monoisotopic (exact) mass is 250 g/mol. The fourth-order valence-electron chi connectivity index (χ4n) is 1.00. The number of amides is 1. The molecule has 0 radical (unpaired) electrons. The van der Waals surface area contributed by atoms with Crippen LogP contribution in [0, 0.1) is 5.92 Å². The first kappa shape index (κ1) is 15.4. The molecule has 0 aliphatic heterocycles. The Hall–Kier alpha value is -0.620. The van der Waals surface area contributed by atoms with Crippen LogP contribution in [0.5, 0.6) is 0 Å². The van der Waals surface area contributed by atoms with E-state index in [0.29, 0.717) is 13.0 Å². The van der Waals surface area contributed by atoms with E-state index in [1.54, 1.807) is 13.8 Å². The van der Waals surface area contributed by atoms with Gasteiger partial charge >= 0.3 is 0 Å². The van der Waals surface area contributed by atoms with Crippen molar-refractivity contribution in [3.05, 3.63) is 0 Å². The molecule has 6 heteroatoms. The minimum absolute atomic E-state index is 0.0623. The number of hydrogen-bond acceptors (Lipinski definition) is 3. The largest absolute Gasteiger partial charge is 0.355 e. The Bertz CT molecular complexity index is 299. The standard InChI is InChI=1S/C10H22N2O3S/c1-4-5-8-16(14,15)12-7-6-11-10(13)9(2)3/h9,12H,4-8H2,1-3H3,(H,11,13). The van der Waals surface area contributed by atoms with Crippen LogP contribution < -0.4 is 10.0 Å². The van der Waals surface area contributed by atoms with Crippen LogP contribution in [0.25, 0.3) is 0 Å². The van der Waals surface area contributed by atoms with Gasteiger partial charge in [0.15, 0.2) is 0 Å². The van der Waals surface area contributed by atoms with E-state index >= 15 is 0 Å². The molecule has 16 heavy (non-hydrogen) atoms. The summed E-state index contributed by atoms with van der Waals surface area (Å²) in [6.07, 6.45) is 1.51. The van der Waals surface area contributed by atoms with E-state index in [1.165, 1.54) is 0 Å². The summed E-state index contributed by atoms with van der Waals surface area (Å²) in [6, 6.07) is 0. The van der Waals surface area contributed by atoms with Gasteiger partial charge in [-0.25, -0.2) is 13.1 Å². The van der Waals surface area contributed by atoms with Gasteiger partial charge in [0, 0.05) is 19.0 Å². The summed E-state index contributed by atoms with van der Waals surface area (Å²) >= 11 is 0. The molecule has 5 nitrogen and oxygen atoms in total. The molecule has 2 N–H and O–H groups in total. The third-order valence-electron chi connectivity index (χ3n) is 2.04. The minimum Gasteiger partial charge on any atom is -0.355 e. The highest BCUT2D eigenvalue weighted by atomic mass is 32.2. The lowest BCUT2D eigenvalue weighted by Gasteiger charge is -2.08. The summed E-state index contributed by atoms with van der Waals surface area (Å²) in [6.45, 7) is 6.12. The fraction of sp³-hybridized carbons (Fsp3) is 0.900. The molecule has 0 aromatic rings. The van der Waals surface area contributed by atoms with Crippen molar-refractivity contribution in [3.63, 3.8) is 0 Å². The Labute approximate surface area is 98.0 Å². The molecule has 0 fully saturated rings. The molecule has 0 aromatic carbocycles. The van der Waals surface area contributed by atoms with Crippen molar-refractivity contribution < 1.29 is 13.2 Å². The zero-order chi connectivity index (χ0) is 12.6. The molecule has 0 atom stereocenters. The van der Waals surface area contributed by atoms with Crippen LogP contribution in [-0.2, 0) is 14.8 Å². The second-order valence-corrected chi connectivity index (χ2v) is 5.94. The van der Waals surface area contributed by atoms with Crippen molar-refractivity contribution in [2.24, 2.45) is 5.92 Å². The summed E-state index contributed by atoms with van der Waals surface area (Å²) in [7, 11) is -3.16. The van der Waals surface area contributed by atoms with E-state index in [0.717, 1.165) is 6.42 Å². The zero-order valence-electron chi connectivity index (χ0n) is 10.2. The van der Waals surface area contributed by atoms with Gasteiger partial charge in [-0.2, -0.15) is 0 Å². The molecule has 0 unspecified atom stereocenters. The lowest BCUT2D eigenvalue weighted by Crippen LogP contribution is -2.37. The van der Waals surface area contributed by atoms with E-state index in [9.17, 15) is 13.2 Å². The molecule has 0 saturated carbocycles. The van der Waals surface area contributed by atoms with Crippen molar-refractivity contribution in [2.75, 3.05) is 18.8 Å². The maximum absolute atomic E-state index is 11.3. The predicted molar refractivity (Wildman–Crippen MR) is 64.5 cm³/mol. The molecular formula is C10H22N2O3S. The summed E-state index contributed by atoms with van der Waals surface area (Å²) in [5.41, 5.74) is 0. The molecule has 1 amide bonds. The van der Waals surface area contributed by atoms with Crippen LogP contribution in [0.1, 0.15) is 33.6 Å². The van der Waals surface area contributed by atoms with Gasteiger partial charge < -0.3 is 5.32 Å². The zero-order valence-corrected chi connectivity index (χ0v) is 11.1. The molecule has 0 rings (SSSR count). The summed E-state index contributed by atoms with van der Waals surface area (Å²) in [5, 5.41) is 2.64. The average Bonchev–Trinajstić information content (AvgIpc) is 2.21. The van der Waals surface area contributed by atoms with E-state index < -0.39 is 10.0 Å². The number of carbonyl (C=O) groups is 1. The van der Waals surface area contributed by atoms with Crippen molar-refractivity contribution >= 4 is 15.9 Å². The summed E-state index contributed by atoms with van der Waals surface area (Å²) < 4.78 is 25.1. The molecule has 0 saturated heterocycles. The first-order valence-corrected chi connectivity index (χ1v) is 7.29. The Morgan fingerprint density at radius 3 is 2.38 bits per heavy atom. The Kier molecular flexibility index (Phi) is 7.33. The van der Waals surface area contributed by atoms with Crippen LogP contribution in [0.3, 0.4) is 0 Å². The van der Waals surface area contributed by atoms with E-state index in [1.807, 2.05) is 6.92 Å². The third-order valence-corrected chi connectivity index (χ3v) is 3.51. The van der Waals surface area contributed by atoms with Gasteiger partial charge in [0.05, 0.1) is 5.75 Å². The molecule has 0 bridgehead atoms. The highest BCUT2D eigenvalue weighted by Crippen LogP contribution is 1.93. The van der Waals surface area contributed by atoms with Crippen molar-refractivity contribution in [3.8, 4) is 0 Å². The lowest BCUT2D eigenvalue weighted by atomic mass is 10.2. The Balaban J connectivity index is 3.70. The highest BCUT2D eigenvalue weighted by Gasteiger charge is 2.09. The first-order valence-electron chi connectivity index (χ1n) is 5.64. The number of unbranched alkanes of at least 4 members (excludes halogenated alkanes) is 1. The van der Waals surface area contributed by atoms with Crippen molar-refractivity contribution in [2.45, 2.75) is 33.6 Å². The van der Waals surface area contributed by atoms with Crippen LogP contribution in [-0.4, -0.2) is 33.2 Å². The van der Waals surface area contributed by atoms with Gasteiger partial charge in [-0.05, 0) is 6.42 Å². The number of hydrogen-bond donors (Lipinski definition) is 2. The quantitative estimate of drug-likeness (QED) is 0.615. The molecule has 0 heterocycles. The second kappa shape index (κ2) is 7.62. The van der Waals surface area contributed by atoms with Crippen LogP contribution in [0.4, 0.5) is 0 Å². The van der Waals surface area contributed by atoms with Gasteiger partial charge in [-0.3, -0.25) is 4.79 Å². The molecule has 0 aliphatic rings. The van der Waals surface area contributed by atoms with Gasteiger partial charge in [-0.15, -0.1) is 0 Å². The van der Waals surface area contributed by atoms with Crippen molar-refractivity contribution in [1.82, 2.24) is 10.0 Å². The van der Waals surface area contributed by atoms with Gasteiger partial charge in [0.25, 0.3) is 0 Å². The van der Waals surface area contributed by atoms with Crippen LogP contribution >= 0.6 is 0 Å². The van der Waals surface area contributed by atoms with Crippen molar-refractivity contribution in [1.29, 1.82) is 0 Å². The van der Waals surface area contributed by atoms with Gasteiger partial charge in [0.1, 0.15) is 0 Å². The van der Waals surface area contributed by atoms with E-state index in [-0.39, 0.29) is 24.1 Å². The number of nitrogens with one attached hydrogen (secondary N) is 2. The number of carbonyl (C=O) groups excluding carboxylic acids is 1. The average molecular weight is 250 g/mol. The van der Waals surface area contributed by atoms with Gasteiger partial charge in [0.2, 0.25) is 15.9 Å². The molecule has 0 aliphatic carbocycles. The van der Waals surface area contributed by atoms with Gasteiger partial charge in [-0.1, -0.05) is 27.2 Å². The Morgan fingerprint density at radius 1 is 1.25 bits per heavy atom. The minimum atomic E-state index is -3.16. The maximum Gasteiger partial charge on any atom is 0.222 e. The molecule has 0 spiro atoms. The highest BCUT2D eigenvalue weighted by molar-refractivity contribution is 7.89. The van der Waals surface area contributed by atoms with E-state index in [4.69, 9.17) is 0 Å². The molecular weight excluding hydrogens is 228 g/mol. The molecule has 0 aromatic heterocycles.